The highest BCUT2D eigenvalue weighted by Gasteiger charge is 2.21. The first-order valence-electron chi connectivity index (χ1n) is 10.0. The standard InChI is InChI=1S/C22H35N/c1-4-20-15-22(23-12-6-5-7-13-23)16-21(18(20)3)14-19-10-8-17(2)9-11-19/h15-17,19H,4-14H2,1-3H3. The van der Waals surface area contributed by atoms with Crippen LogP contribution in [0.3, 0.4) is 0 Å². The zero-order chi connectivity index (χ0) is 16.2. The van der Waals surface area contributed by atoms with E-state index in [4.69, 9.17) is 0 Å². The third-order valence-corrected chi connectivity index (χ3v) is 6.35. The van der Waals surface area contributed by atoms with Crippen molar-refractivity contribution in [2.24, 2.45) is 11.8 Å². The van der Waals surface area contributed by atoms with Gasteiger partial charge in [0, 0.05) is 18.8 Å². The van der Waals surface area contributed by atoms with Crippen molar-refractivity contribution in [3.8, 4) is 0 Å². The second-order valence-electron chi connectivity index (χ2n) is 8.12. The third-order valence-electron chi connectivity index (χ3n) is 6.35. The van der Waals surface area contributed by atoms with Gasteiger partial charge in [-0.3, -0.25) is 0 Å². The first kappa shape index (κ1) is 16.9. The lowest BCUT2D eigenvalue weighted by atomic mass is 9.79. The fourth-order valence-electron chi connectivity index (χ4n) is 4.58. The number of piperidine rings is 1. The first-order chi connectivity index (χ1) is 11.2. The summed E-state index contributed by atoms with van der Waals surface area (Å²) >= 11 is 0. The predicted octanol–water partition coefficient (Wildman–Crippen LogP) is 5.92. The maximum Gasteiger partial charge on any atom is 0.0371 e. The smallest absolute Gasteiger partial charge is 0.0371 e. The highest BCUT2D eigenvalue weighted by atomic mass is 15.1. The van der Waals surface area contributed by atoms with E-state index < -0.39 is 0 Å². The largest absolute Gasteiger partial charge is 0.372 e. The number of aryl methyl sites for hydroxylation is 1. The summed E-state index contributed by atoms with van der Waals surface area (Å²) in [7, 11) is 0. The predicted molar refractivity (Wildman–Crippen MR) is 101 cm³/mol. The molecule has 1 heteroatoms. The molecule has 1 saturated heterocycles. The van der Waals surface area contributed by atoms with Gasteiger partial charge in [0.1, 0.15) is 0 Å². The summed E-state index contributed by atoms with van der Waals surface area (Å²) in [6.45, 7) is 9.61. The van der Waals surface area contributed by atoms with Crippen LogP contribution in [-0.2, 0) is 12.8 Å². The topological polar surface area (TPSA) is 3.24 Å². The van der Waals surface area contributed by atoms with Gasteiger partial charge < -0.3 is 4.90 Å². The molecule has 0 spiro atoms. The zero-order valence-corrected chi connectivity index (χ0v) is 15.5. The van der Waals surface area contributed by atoms with Gasteiger partial charge in [0.2, 0.25) is 0 Å². The summed E-state index contributed by atoms with van der Waals surface area (Å²) in [5.41, 5.74) is 6.30. The minimum atomic E-state index is 0.922. The molecular weight excluding hydrogens is 278 g/mol. The molecule has 0 unspecified atom stereocenters. The molecule has 1 aromatic carbocycles. The monoisotopic (exact) mass is 313 g/mol. The Hall–Kier alpha value is -0.980. The van der Waals surface area contributed by atoms with Crippen molar-refractivity contribution < 1.29 is 0 Å². The van der Waals surface area contributed by atoms with E-state index in [2.05, 4.69) is 37.8 Å². The molecule has 3 rings (SSSR count). The molecule has 0 N–H and O–H groups in total. The molecule has 1 aliphatic carbocycles. The first-order valence-corrected chi connectivity index (χ1v) is 10.0. The van der Waals surface area contributed by atoms with Crippen LogP contribution in [0, 0.1) is 18.8 Å². The van der Waals surface area contributed by atoms with Crippen LogP contribution in [0.5, 0.6) is 0 Å². The number of rotatable bonds is 4. The molecule has 1 aromatic rings. The summed E-state index contributed by atoms with van der Waals surface area (Å²) in [6.07, 6.45) is 12.4. The van der Waals surface area contributed by atoms with E-state index in [1.54, 1.807) is 16.7 Å². The molecule has 1 nitrogen and oxygen atoms in total. The second-order valence-corrected chi connectivity index (χ2v) is 8.12. The number of hydrogen-bond donors (Lipinski definition) is 0. The summed E-state index contributed by atoms with van der Waals surface area (Å²) in [6, 6.07) is 5.02. The van der Waals surface area contributed by atoms with Crippen molar-refractivity contribution in [2.75, 3.05) is 18.0 Å². The lowest BCUT2D eigenvalue weighted by Crippen LogP contribution is -2.29. The SMILES string of the molecule is CCc1cc(N2CCCCC2)cc(CC2CCC(C)CC2)c1C. The normalized spacial score (nSPS) is 25.6. The van der Waals surface area contributed by atoms with Crippen molar-refractivity contribution in [3.63, 3.8) is 0 Å². The molecule has 128 valence electrons. The second kappa shape index (κ2) is 7.73. The van der Waals surface area contributed by atoms with E-state index in [1.165, 1.54) is 76.6 Å². The van der Waals surface area contributed by atoms with Crippen LogP contribution in [0.4, 0.5) is 5.69 Å². The molecule has 1 heterocycles. The van der Waals surface area contributed by atoms with Gasteiger partial charge in [0.05, 0.1) is 0 Å². The molecule has 0 atom stereocenters. The van der Waals surface area contributed by atoms with Crippen LogP contribution >= 0.6 is 0 Å². The van der Waals surface area contributed by atoms with Crippen molar-refractivity contribution in [1.82, 2.24) is 0 Å². The third kappa shape index (κ3) is 4.11. The molecule has 2 fully saturated rings. The van der Waals surface area contributed by atoms with Crippen molar-refractivity contribution in [2.45, 2.75) is 78.6 Å². The highest BCUT2D eigenvalue weighted by Crippen LogP contribution is 2.33. The van der Waals surface area contributed by atoms with Crippen molar-refractivity contribution in [3.05, 3.63) is 28.8 Å². The zero-order valence-electron chi connectivity index (χ0n) is 15.5. The van der Waals surface area contributed by atoms with Crippen molar-refractivity contribution in [1.29, 1.82) is 0 Å². The van der Waals surface area contributed by atoms with E-state index in [0.717, 1.165) is 11.8 Å². The molecule has 0 amide bonds. The average Bonchev–Trinajstić information content (AvgIpc) is 2.59. The van der Waals surface area contributed by atoms with Crippen LogP contribution < -0.4 is 4.90 Å². The summed E-state index contributed by atoms with van der Waals surface area (Å²) in [4.78, 5) is 2.63. The Bertz CT molecular complexity index is 505. The molecule has 23 heavy (non-hydrogen) atoms. The van der Waals surface area contributed by atoms with Gasteiger partial charge in [-0.05, 0) is 92.5 Å². The van der Waals surface area contributed by atoms with Gasteiger partial charge >= 0.3 is 0 Å². The molecular formula is C22H35N. The number of anilines is 1. The lowest BCUT2D eigenvalue weighted by molar-refractivity contribution is 0.288. The Balaban J connectivity index is 1.79. The Kier molecular flexibility index (Phi) is 5.67. The quantitative estimate of drug-likeness (QED) is 0.667. The van der Waals surface area contributed by atoms with Crippen LogP contribution in [0.1, 0.15) is 75.5 Å². The van der Waals surface area contributed by atoms with Crippen LogP contribution in [0.2, 0.25) is 0 Å². The Morgan fingerprint density at radius 1 is 0.957 bits per heavy atom. The van der Waals surface area contributed by atoms with Crippen LogP contribution in [0.25, 0.3) is 0 Å². The summed E-state index contributed by atoms with van der Waals surface area (Å²) in [5, 5.41) is 0. The Morgan fingerprint density at radius 2 is 1.61 bits per heavy atom. The fraction of sp³-hybridized carbons (Fsp3) is 0.727. The maximum atomic E-state index is 2.63. The van der Waals surface area contributed by atoms with E-state index in [9.17, 15) is 0 Å². The van der Waals surface area contributed by atoms with E-state index in [0.29, 0.717) is 0 Å². The van der Waals surface area contributed by atoms with Gasteiger partial charge in [-0.15, -0.1) is 0 Å². The van der Waals surface area contributed by atoms with Crippen LogP contribution in [-0.4, -0.2) is 13.1 Å². The molecule has 0 aromatic heterocycles. The number of hydrogen-bond acceptors (Lipinski definition) is 1. The number of nitrogens with zero attached hydrogens (tertiary/aromatic N) is 1. The van der Waals surface area contributed by atoms with Crippen LogP contribution in [0.15, 0.2) is 12.1 Å². The van der Waals surface area contributed by atoms with E-state index >= 15 is 0 Å². The maximum absolute atomic E-state index is 2.63. The van der Waals surface area contributed by atoms with Gasteiger partial charge in [0.15, 0.2) is 0 Å². The number of benzene rings is 1. The molecule has 0 radical (unpaired) electrons. The highest BCUT2D eigenvalue weighted by molar-refractivity contribution is 5.55. The minimum Gasteiger partial charge on any atom is -0.372 e. The summed E-state index contributed by atoms with van der Waals surface area (Å²) in [5.74, 6) is 1.88. The molecule has 1 saturated carbocycles. The van der Waals surface area contributed by atoms with Gasteiger partial charge in [-0.2, -0.15) is 0 Å². The molecule has 1 aliphatic heterocycles. The Labute approximate surface area is 143 Å². The molecule has 2 aliphatic rings. The van der Waals surface area contributed by atoms with Crippen molar-refractivity contribution >= 4 is 5.69 Å². The van der Waals surface area contributed by atoms with E-state index in [-0.39, 0.29) is 0 Å². The fourth-order valence-corrected chi connectivity index (χ4v) is 4.58. The van der Waals surface area contributed by atoms with Gasteiger partial charge in [-0.1, -0.05) is 26.7 Å². The summed E-state index contributed by atoms with van der Waals surface area (Å²) < 4.78 is 0. The van der Waals surface area contributed by atoms with Gasteiger partial charge in [-0.25, -0.2) is 0 Å². The minimum absolute atomic E-state index is 0.922. The average molecular weight is 314 g/mol. The lowest BCUT2D eigenvalue weighted by Gasteiger charge is -2.31. The molecule has 0 bridgehead atoms. The van der Waals surface area contributed by atoms with Gasteiger partial charge in [0.25, 0.3) is 0 Å². The Morgan fingerprint density at radius 3 is 2.26 bits per heavy atom. The van der Waals surface area contributed by atoms with E-state index in [1.807, 2.05) is 0 Å².